The van der Waals surface area contributed by atoms with E-state index in [4.69, 9.17) is 0 Å². The number of benzene rings is 2. The zero-order valence-electron chi connectivity index (χ0n) is 16.6. The number of quaternary nitrogens is 1. The van der Waals surface area contributed by atoms with Crippen molar-refractivity contribution in [3.8, 4) is 0 Å². The maximum atomic E-state index is 12.4. The van der Waals surface area contributed by atoms with Crippen molar-refractivity contribution < 1.29 is 9.69 Å². The molecule has 0 aromatic heterocycles. The second-order valence-corrected chi connectivity index (χ2v) is 7.61. The van der Waals surface area contributed by atoms with Crippen molar-refractivity contribution in [3.63, 3.8) is 0 Å². The molecule has 0 unspecified atom stereocenters. The van der Waals surface area contributed by atoms with Gasteiger partial charge in [0.15, 0.2) is 0 Å². The van der Waals surface area contributed by atoms with Gasteiger partial charge in [-0.25, -0.2) is 4.79 Å². The Kier molecular flexibility index (Phi) is 6.35. The first kappa shape index (κ1) is 19.2. The van der Waals surface area contributed by atoms with E-state index in [9.17, 15) is 4.79 Å². The second-order valence-electron chi connectivity index (χ2n) is 7.61. The van der Waals surface area contributed by atoms with Crippen molar-refractivity contribution in [2.75, 3.05) is 43.9 Å². The summed E-state index contributed by atoms with van der Waals surface area (Å²) >= 11 is 0. The zero-order chi connectivity index (χ0) is 19.2. The molecule has 1 aliphatic heterocycles. The molecule has 1 atom stereocenters. The highest BCUT2D eigenvalue weighted by Gasteiger charge is 2.27. The lowest BCUT2D eigenvalue weighted by molar-refractivity contribution is -0.918. The molecule has 3 N–H and O–H groups in total. The van der Waals surface area contributed by atoms with Gasteiger partial charge in [-0.2, -0.15) is 0 Å². The number of rotatable bonds is 6. The number of likely N-dealkylation sites (tertiary alicyclic amines) is 1. The van der Waals surface area contributed by atoms with Crippen LogP contribution in [0, 0.1) is 6.92 Å². The summed E-state index contributed by atoms with van der Waals surface area (Å²) in [5.74, 6) is 0. The Morgan fingerprint density at radius 2 is 1.81 bits per heavy atom. The fourth-order valence-corrected chi connectivity index (χ4v) is 3.77. The molecular formula is C22H31N4O+. The van der Waals surface area contributed by atoms with Crippen LogP contribution in [0.3, 0.4) is 0 Å². The number of anilines is 2. The molecule has 5 nitrogen and oxygen atoms in total. The van der Waals surface area contributed by atoms with Crippen molar-refractivity contribution in [1.29, 1.82) is 0 Å². The van der Waals surface area contributed by atoms with E-state index >= 15 is 0 Å². The van der Waals surface area contributed by atoms with E-state index < -0.39 is 0 Å². The predicted octanol–water partition coefficient (Wildman–Crippen LogP) is 2.60. The molecule has 1 aliphatic rings. The molecule has 0 aliphatic carbocycles. The molecule has 3 rings (SSSR count). The van der Waals surface area contributed by atoms with Gasteiger partial charge in [-0.1, -0.05) is 24.3 Å². The Morgan fingerprint density at radius 1 is 1.11 bits per heavy atom. The van der Waals surface area contributed by atoms with Gasteiger partial charge in [0.25, 0.3) is 0 Å². The van der Waals surface area contributed by atoms with E-state index in [-0.39, 0.29) is 12.1 Å². The molecule has 0 bridgehead atoms. The van der Waals surface area contributed by atoms with Crippen molar-refractivity contribution in [2.45, 2.75) is 25.8 Å². The highest BCUT2D eigenvalue weighted by Crippen LogP contribution is 2.17. The molecule has 2 aromatic rings. The average Bonchev–Trinajstić information content (AvgIpc) is 3.17. The number of nitrogens with one attached hydrogen (secondary N) is 3. The van der Waals surface area contributed by atoms with E-state index in [1.165, 1.54) is 37.2 Å². The summed E-state index contributed by atoms with van der Waals surface area (Å²) in [6.45, 7) is 4.99. The molecule has 0 spiro atoms. The van der Waals surface area contributed by atoms with E-state index in [1.54, 1.807) is 4.90 Å². The Hall–Kier alpha value is -2.53. The van der Waals surface area contributed by atoms with Crippen molar-refractivity contribution in [2.24, 2.45) is 0 Å². The number of aryl methyl sites for hydroxylation is 1. The second kappa shape index (κ2) is 8.91. The van der Waals surface area contributed by atoms with E-state index in [1.807, 2.05) is 31.2 Å². The fraction of sp³-hybridized carbons (Fsp3) is 0.409. The van der Waals surface area contributed by atoms with Gasteiger partial charge in [0.2, 0.25) is 0 Å². The fourth-order valence-electron chi connectivity index (χ4n) is 3.77. The Balaban J connectivity index is 1.65. The number of hydrogen-bond donors (Lipinski definition) is 3. The number of urea groups is 1. The van der Waals surface area contributed by atoms with Gasteiger partial charge in [0.1, 0.15) is 6.04 Å². The third-order valence-corrected chi connectivity index (χ3v) is 5.29. The molecule has 0 radical (unpaired) electrons. The van der Waals surface area contributed by atoms with Crippen molar-refractivity contribution >= 4 is 17.4 Å². The lowest BCUT2D eigenvalue weighted by atomic mass is 10.0. The van der Waals surface area contributed by atoms with Crippen LogP contribution in [-0.2, 0) is 0 Å². The first-order valence-electron chi connectivity index (χ1n) is 9.76. The van der Waals surface area contributed by atoms with Crippen molar-refractivity contribution in [1.82, 2.24) is 5.32 Å². The molecule has 0 saturated carbocycles. The lowest BCUT2D eigenvalue weighted by Crippen LogP contribution is -3.11. The SMILES string of the molecule is Cc1cccc(NC(=O)NC[C@@H](c2ccc(N(C)C)cc2)[NH+]2CCCC2)c1. The molecule has 144 valence electrons. The molecule has 5 heteroatoms. The average molecular weight is 368 g/mol. The minimum atomic E-state index is -0.144. The Bertz CT molecular complexity index is 751. The molecule has 2 aromatic carbocycles. The van der Waals surface area contributed by atoms with Gasteiger partial charge >= 0.3 is 6.03 Å². The normalized spacial score (nSPS) is 15.4. The first-order chi connectivity index (χ1) is 13.0. The van der Waals surface area contributed by atoms with Crippen LogP contribution >= 0.6 is 0 Å². The number of carbonyl (C=O) groups excluding carboxylic acids is 1. The molecule has 1 saturated heterocycles. The lowest BCUT2D eigenvalue weighted by Gasteiger charge is -2.26. The molecule has 27 heavy (non-hydrogen) atoms. The smallest absolute Gasteiger partial charge is 0.319 e. The molecule has 1 fully saturated rings. The zero-order valence-corrected chi connectivity index (χ0v) is 16.6. The van der Waals surface area contributed by atoms with Crippen LogP contribution in [0.15, 0.2) is 48.5 Å². The highest BCUT2D eigenvalue weighted by atomic mass is 16.2. The number of carbonyl (C=O) groups is 1. The third-order valence-electron chi connectivity index (χ3n) is 5.29. The van der Waals surface area contributed by atoms with Crippen LogP contribution in [0.5, 0.6) is 0 Å². The van der Waals surface area contributed by atoms with Gasteiger partial charge in [-0.05, 0) is 36.8 Å². The summed E-state index contributed by atoms with van der Waals surface area (Å²) in [6, 6.07) is 16.7. The van der Waals surface area contributed by atoms with Crippen molar-refractivity contribution in [3.05, 3.63) is 59.7 Å². The maximum Gasteiger partial charge on any atom is 0.319 e. The summed E-state index contributed by atoms with van der Waals surface area (Å²) in [4.78, 5) is 16.0. The summed E-state index contributed by atoms with van der Waals surface area (Å²) in [6.07, 6.45) is 2.52. The first-order valence-corrected chi connectivity index (χ1v) is 9.76. The van der Waals surface area contributed by atoms with Gasteiger partial charge in [0.05, 0.1) is 19.6 Å². The van der Waals surface area contributed by atoms with E-state index in [0.29, 0.717) is 6.54 Å². The van der Waals surface area contributed by atoms with E-state index in [2.05, 4.69) is 53.9 Å². The van der Waals surface area contributed by atoms with Gasteiger partial charge in [-0.15, -0.1) is 0 Å². The van der Waals surface area contributed by atoms with Crippen LogP contribution < -0.4 is 20.4 Å². The van der Waals surface area contributed by atoms with Crippen LogP contribution in [0.1, 0.15) is 30.0 Å². The highest BCUT2D eigenvalue weighted by molar-refractivity contribution is 5.89. The largest absolute Gasteiger partial charge is 0.378 e. The monoisotopic (exact) mass is 367 g/mol. The molecule has 1 heterocycles. The van der Waals surface area contributed by atoms with Crippen LogP contribution in [0.4, 0.5) is 16.2 Å². The summed E-state index contributed by atoms with van der Waals surface area (Å²) in [5.41, 5.74) is 4.44. The Morgan fingerprint density at radius 3 is 2.44 bits per heavy atom. The van der Waals surface area contributed by atoms with Gasteiger partial charge in [-0.3, -0.25) is 0 Å². The van der Waals surface area contributed by atoms with Crippen LogP contribution in [0.25, 0.3) is 0 Å². The number of amides is 2. The number of hydrogen-bond acceptors (Lipinski definition) is 2. The van der Waals surface area contributed by atoms with Gasteiger partial charge in [0, 0.05) is 43.9 Å². The number of nitrogens with zero attached hydrogens (tertiary/aromatic N) is 1. The third kappa shape index (κ3) is 5.23. The standard InChI is InChI=1S/C22H30N4O/c1-17-7-6-8-19(15-17)24-22(27)23-16-21(26-13-4-5-14-26)18-9-11-20(12-10-18)25(2)3/h6-12,15,21H,4-5,13-14,16H2,1-3H3,(H2,23,24,27)/p+1/t21-/m0/s1. The minimum absolute atomic E-state index is 0.144. The molecular weight excluding hydrogens is 336 g/mol. The predicted molar refractivity (Wildman–Crippen MR) is 112 cm³/mol. The van der Waals surface area contributed by atoms with Crippen LogP contribution in [-0.4, -0.2) is 39.8 Å². The molecule has 2 amide bonds. The Labute approximate surface area is 162 Å². The van der Waals surface area contributed by atoms with Crippen LogP contribution in [0.2, 0.25) is 0 Å². The maximum absolute atomic E-state index is 12.4. The topological polar surface area (TPSA) is 48.8 Å². The van der Waals surface area contributed by atoms with E-state index in [0.717, 1.165) is 11.3 Å². The summed E-state index contributed by atoms with van der Waals surface area (Å²) < 4.78 is 0. The van der Waals surface area contributed by atoms with Gasteiger partial charge < -0.3 is 20.4 Å². The minimum Gasteiger partial charge on any atom is -0.378 e. The quantitative estimate of drug-likeness (QED) is 0.735. The summed E-state index contributed by atoms with van der Waals surface area (Å²) in [7, 11) is 4.10. The summed E-state index contributed by atoms with van der Waals surface area (Å²) in [5, 5.41) is 6.02.